The maximum atomic E-state index is 11.4. The van der Waals surface area contributed by atoms with Crippen LogP contribution in [0.15, 0.2) is 24.9 Å². The average Bonchev–Trinajstić information content (AvgIpc) is 2.29. The highest BCUT2D eigenvalue weighted by Crippen LogP contribution is 2.17. The molecule has 0 saturated heterocycles. The number of ether oxygens (including phenoxy) is 2. The third-order valence-corrected chi connectivity index (χ3v) is 2.00. The van der Waals surface area contributed by atoms with Crippen LogP contribution in [0.3, 0.4) is 0 Å². The van der Waals surface area contributed by atoms with E-state index in [-0.39, 0.29) is 0 Å². The number of hydrogen-bond acceptors (Lipinski definition) is 4. The lowest BCUT2D eigenvalue weighted by atomic mass is 10.1. The van der Waals surface area contributed by atoms with Crippen molar-refractivity contribution in [1.82, 2.24) is 4.98 Å². The van der Waals surface area contributed by atoms with Crippen LogP contribution in [0.5, 0.6) is 5.75 Å². The Morgan fingerprint density at radius 1 is 1.62 bits per heavy atom. The Kier molecular flexibility index (Phi) is 4.51. The third-order valence-electron chi connectivity index (χ3n) is 2.00. The first kappa shape index (κ1) is 12.2. The van der Waals surface area contributed by atoms with Crippen LogP contribution in [0.25, 0.3) is 0 Å². The van der Waals surface area contributed by atoms with Crippen molar-refractivity contribution in [2.45, 2.75) is 13.3 Å². The molecule has 1 rings (SSSR count). The van der Waals surface area contributed by atoms with Crippen LogP contribution in [0.1, 0.15) is 23.0 Å². The molecule has 0 spiro atoms. The van der Waals surface area contributed by atoms with Gasteiger partial charge in [-0.25, -0.2) is 9.78 Å². The highest BCUT2D eigenvalue weighted by Gasteiger charge is 2.13. The van der Waals surface area contributed by atoms with Crippen molar-refractivity contribution >= 4 is 5.97 Å². The van der Waals surface area contributed by atoms with E-state index < -0.39 is 5.97 Å². The van der Waals surface area contributed by atoms with Gasteiger partial charge in [-0.15, -0.1) is 6.58 Å². The Labute approximate surface area is 94.9 Å². The predicted molar refractivity (Wildman–Crippen MR) is 60.6 cm³/mol. The molecule has 0 bridgehead atoms. The van der Waals surface area contributed by atoms with Gasteiger partial charge in [-0.2, -0.15) is 0 Å². The van der Waals surface area contributed by atoms with Crippen molar-refractivity contribution in [3.05, 3.63) is 36.2 Å². The quantitative estimate of drug-likeness (QED) is 0.563. The second kappa shape index (κ2) is 5.90. The van der Waals surface area contributed by atoms with Gasteiger partial charge in [-0.3, -0.25) is 0 Å². The Morgan fingerprint density at radius 3 is 2.94 bits per heavy atom. The standard InChI is InChI=1S/C12H15NO3/c1-4-6-9-7-10(16-5-2)8-13-11(9)12(14)15-3/h4,7-8H,1,5-6H2,2-3H3. The number of carbonyl (C=O) groups is 1. The van der Waals surface area contributed by atoms with Gasteiger partial charge in [0.1, 0.15) is 5.75 Å². The number of aromatic nitrogens is 1. The molecule has 0 aliphatic rings. The van der Waals surface area contributed by atoms with Crippen LogP contribution < -0.4 is 4.74 Å². The SMILES string of the molecule is C=CCc1cc(OCC)cnc1C(=O)OC. The molecule has 0 amide bonds. The zero-order chi connectivity index (χ0) is 12.0. The summed E-state index contributed by atoms with van der Waals surface area (Å²) < 4.78 is 9.96. The van der Waals surface area contributed by atoms with Crippen LogP contribution in [0.4, 0.5) is 0 Å². The molecule has 1 aromatic rings. The zero-order valence-electron chi connectivity index (χ0n) is 9.53. The van der Waals surface area contributed by atoms with Gasteiger partial charge in [0.25, 0.3) is 0 Å². The van der Waals surface area contributed by atoms with Crippen LogP contribution >= 0.6 is 0 Å². The molecule has 0 fully saturated rings. The molecule has 0 aliphatic heterocycles. The highest BCUT2D eigenvalue weighted by molar-refractivity contribution is 5.89. The molecule has 4 heteroatoms. The molecule has 0 atom stereocenters. The molecular formula is C12H15NO3. The van der Waals surface area contributed by atoms with E-state index in [1.165, 1.54) is 13.3 Å². The maximum absolute atomic E-state index is 11.4. The second-order valence-electron chi connectivity index (χ2n) is 3.10. The number of allylic oxidation sites excluding steroid dienone is 1. The minimum atomic E-state index is -0.445. The van der Waals surface area contributed by atoms with Crippen molar-refractivity contribution in [3.8, 4) is 5.75 Å². The second-order valence-corrected chi connectivity index (χ2v) is 3.10. The number of pyridine rings is 1. The molecule has 1 heterocycles. The lowest BCUT2D eigenvalue weighted by Gasteiger charge is -2.08. The van der Waals surface area contributed by atoms with Crippen LogP contribution in [-0.4, -0.2) is 24.7 Å². The number of methoxy groups -OCH3 is 1. The predicted octanol–water partition coefficient (Wildman–Crippen LogP) is 2.00. The van der Waals surface area contributed by atoms with E-state index in [2.05, 4.69) is 16.3 Å². The van der Waals surface area contributed by atoms with Crippen LogP contribution in [-0.2, 0) is 11.2 Å². The number of esters is 1. The van der Waals surface area contributed by atoms with Gasteiger partial charge >= 0.3 is 5.97 Å². The summed E-state index contributed by atoms with van der Waals surface area (Å²) in [5.41, 5.74) is 1.07. The van der Waals surface area contributed by atoms with Gasteiger partial charge < -0.3 is 9.47 Å². The van der Waals surface area contributed by atoms with Crippen molar-refractivity contribution < 1.29 is 14.3 Å². The van der Waals surface area contributed by atoms with E-state index in [4.69, 9.17) is 4.74 Å². The first-order valence-corrected chi connectivity index (χ1v) is 5.03. The van der Waals surface area contributed by atoms with E-state index in [9.17, 15) is 4.79 Å². The number of hydrogen-bond donors (Lipinski definition) is 0. The molecule has 86 valence electrons. The Balaban J connectivity index is 3.08. The molecule has 0 N–H and O–H groups in total. The summed E-state index contributed by atoms with van der Waals surface area (Å²) in [6.45, 7) is 6.09. The maximum Gasteiger partial charge on any atom is 0.356 e. The fourth-order valence-corrected chi connectivity index (χ4v) is 1.33. The fourth-order valence-electron chi connectivity index (χ4n) is 1.33. The Bertz CT molecular complexity index is 388. The van der Waals surface area contributed by atoms with E-state index in [0.29, 0.717) is 24.5 Å². The lowest BCUT2D eigenvalue weighted by Crippen LogP contribution is -2.09. The third kappa shape index (κ3) is 2.82. The van der Waals surface area contributed by atoms with Crippen molar-refractivity contribution in [2.75, 3.05) is 13.7 Å². The average molecular weight is 221 g/mol. The number of nitrogens with zero attached hydrogens (tertiary/aromatic N) is 1. The first-order chi connectivity index (χ1) is 7.72. The van der Waals surface area contributed by atoms with Crippen LogP contribution in [0, 0.1) is 0 Å². The number of carbonyl (C=O) groups excluding carboxylic acids is 1. The molecule has 16 heavy (non-hydrogen) atoms. The van der Waals surface area contributed by atoms with E-state index >= 15 is 0 Å². The molecular weight excluding hydrogens is 206 g/mol. The summed E-state index contributed by atoms with van der Waals surface area (Å²) in [6, 6.07) is 1.78. The molecule has 0 saturated carbocycles. The van der Waals surface area contributed by atoms with Gasteiger partial charge in [0, 0.05) is 0 Å². The van der Waals surface area contributed by atoms with Crippen molar-refractivity contribution in [2.24, 2.45) is 0 Å². The molecule has 0 unspecified atom stereocenters. The van der Waals surface area contributed by atoms with Gasteiger partial charge in [0.15, 0.2) is 5.69 Å². The molecule has 1 aromatic heterocycles. The van der Waals surface area contributed by atoms with Crippen molar-refractivity contribution in [3.63, 3.8) is 0 Å². The lowest BCUT2D eigenvalue weighted by molar-refractivity contribution is 0.0593. The van der Waals surface area contributed by atoms with Crippen LogP contribution in [0.2, 0.25) is 0 Å². The summed E-state index contributed by atoms with van der Waals surface area (Å²) >= 11 is 0. The summed E-state index contributed by atoms with van der Waals surface area (Å²) in [4.78, 5) is 15.5. The number of rotatable bonds is 5. The fraction of sp³-hybridized carbons (Fsp3) is 0.333. The minimum Gasteiger partial charge on any atom is -0.492 e. The minimum absolute atomic E-state index is 0.311. The summed E-state index contributed by atoms with van der Waals surface area (Å²) in [5.74, 6) is 0.201. The van der Waals surface area contributed by atoms with E-state index in [1.54, 1.807) is 12.1 Å². The van der Waals surface area contributed by atoms with Gasteiger partial charge in [-0.05, 0) is 25.0 Å². The molecule has 0 aliphatic carbocycles. The molecule has 4 nitrogen and oxygen atoms in total. The van der Waals surface area contributed by atoms with Gasteiger partial charge in [-0.1, -0.05) is 6.08 Å². The van der Waals surface area contributed by atoms with Gasteiger partial charge in [0.05, 0.1) is 19.9 Å². The Hall–Kier alpha value is -1.84. The van der Waals surface area contributed by atoms with E-state index in [1.807, 2.05) is 6.92 Å². The summed E-state index contributed by atoms with van der Waals surface area (Å²) in [7, 11) is 1.33. The topological polar surface area (TPSA) is 48.4 Å². The smallest absolute Gasteiger partial charge is 0.356 e. The zero-order valence-corrected chi connectivity index (χ0v) is 9.53. The summed E-state index contributed by atoms with van der Waals surface area (Å²) in [6.07, 6.45) is 3.78. The monoisotopic (exact) mass is 221 g/mol. The van der Waals surface area contributed by atoms with Crippen molar-refractivity contribution in [1.29, 1.82) is 0 Å². The Morgan fingerprint density at radius 2 is 2.38 bits per heavy atom. The van der Waals surface area contributed by atoms with E-state index in [0.717, 1.165) is 5.56 Å². The summed E-state index contributed by atoms with van der Waals surface area (Å²) in [5, 5.41) is 0. The molecule has 0 radical (unpaired) electrons. The molecule has 0 aromatic carbocycles. The van der Waals surface area contributed by atoms with Gasteiger partial charge in [0.2, 0.25) is 0 Å². The normalized spacial score (nSPS) is 9.62. The highest BCUT2D eigenvalue weighted by atomic mass is 16.5. The largest absolute Gasteiger partial charge is 0.492 e. The first-order valence-electron chi connectivity index (χ1n) is 5.03.